The number of hydrogen-bond acceptors (Lipinski definition) is 3. The van der Waals surface area contributed by atoms with Gasteiger partial charge in [-0.2, -0.15) is 0 Å². The summed E-state index contributed by atoms with van der Waals surface area (Å²) in [5.41, 5.74) is 2.56. The number of methoxy groups -OCH3 is 1. The SMILES string of the molecule is CC[C@H](C)N1C(=O)c2ccccc2N[C@@H]1c1ccccc1OC. The predicted molar refractivity (Wildman–Crippen MR) is 91.7 cm³/mol. The van der Waals surface area contributed by atoms with Crippen LogP contribution >= 0.6 is 0 Å². The van der Waals surface area contributed by atoms with Crippen molar-refractivity contribution in [3.05, 3.63) is 59.7 Å². The third-order valence-corrected chi connectivity index (χ3v) is 4.46. The summed E-state index contributed by atoms with van der Waals surface area (Å²) < 4.78 is 5.51. The smallest absolute Gasteiger partial charge is 0.258 e. The Hall–Kier alpha value is -2.49. The minimum Gasteiger partial charge on any atom is -0.496 e. The lowest BCUT2D eigenvalue weighted by Crippen LogP contribution is -2.47. The zero-order valence-electron chi connectivity index (χ0n) is 13.7. The van der Waals surface area contributed by atoms with E-state index in [4.69, 9.17) is 4.74 Å². The summed E-state index contributed by atoms with van der Waals surface area (Å²) in [6.07, 6.45) is 0.657. The first kappa shape index (κ1) is 15.4. The van der Waals surface area contributed by atoms with Crippen molar-refractivity contribution < 1.29 is 9.53 Å². The van der Waals surface area contributed by atoms with Crippen LogP contribution in [0.25, 0.3) is 0 Å². The van der Waals surface area contributed by atoms with Gasteiger partial charge in [0.2, 0.25) is 0 Å². The van der Waals surface area contributed by atoms with Crippen molar-refractivity contribution in [1.82, 2.24) is 4.90 Å². The summed E-state index contributed by atoms with van der Waals surface area (Å²) in [4.78, 5) is 15.0. The van der Waals surface area contributed by atoms with Crippen molar-refractivity contribution in [3.63, 3.8) is 0 Å². The topological polar surface area (TPSA) is 41.6 Å². The van der Waals surface area contributed by atoms with E-state index in [0.29, 0.717) is 0 Å². The van der Waals surface area contributed by atoms with E-state index in [0.717, 1.165) is 29.0 Å². The van der Waals surface area contributed by atoms with Crippen LogP contribution in [0.15, 0.2) is 48.5 Å². The van der Waals surface area contributed by atoms with Gasteiger partial charge in [-0.05, 0) is 31.5 Å². The van der Waals surface area contributed by atoms with Crippen molar-refractivity contribution >= 4 is 11.6 Å². The highest BCUT2D eigenvalue weighted by Crippen LogP contribution is 2.38. The second kappa shape index (κ2) is 6.32. The molecular weight excluding hydrogens is 288 g/mol. The first-order valence-electron chi connectivity index (χ1n) is 7.98. The van der Waals surface area contributed by atoms with Crippen LogP contribution in [-0.4, -0.2) is 24.0 Å². The molecule has 2 aromatic carbocycles. The maximum Gasteiger partial charge on any atom is 0.258 e. The number of hydrogen-bond donors (Lipinski definition) is 1. The molecule has 1 heterocycles. The van der Waals surface area contributed by atoms with Crippen LogP contribution in [0.4, 0.5) is 5.69 Å². The third kappa shape index (κ3) is 2.65. The highest BCUT2D eigenvalue weighted by molar-refractivity contribution is 6.02. The standard InChI is InChI=1S/C19H22N2O2/c1-4-13(2)21-18(15-10-6-8-12-17(15)23-3)20-16-11-7-5-9-14(16)19(21)22/h5-13,18,20H,4H2,1-3H3/t13-,18-/m0/s1. The number of anilines is 1. The Morgan fingerprint density at radius 3 is 2.61 bits per heavy atom. The van der Waals surface area contributed by atoms with E-state index in [-0.39, 0.29) is 18.1 Å². The average Bonchev–Trinajstić information content (AvgIpc) is 2.61. The molecular formula is C19H22N2O2. The molecule has 0 unspecified atom stereocenters. The lowest BCUT2D eigenvalue weighted by Gasteiger charge is -2.41. The number of benzene rings is 2. The van der Waals surface area contributed by atoms with Gasteiger partial charge in [-0.15, -0.1) is 0 Å². The summed E-state index contributed by atoms with van der Waals surface area (Å²) in [7, 11) is 1.66. The molecule has 1 aliphatic heterocycles. The largest absolute Gasteiger partial charge is 0.496 e. The van der Waals surface area contributed by atoms with Crippen molar-refractivity contribution in [2.45, 2.75) is 32.5 Å². The van der Waals surface area contributed by atoms with E-state index in [9.17, 15) is 4.79 Å². The molecule has 120 valence electrons. The van der Waals surface area contributed by atoms with Gasteiger partial charge >= 0.3 is 0 Å². The molecule has 4 nitrogen and oxygen atoms in total. The molecule has 2 aromatic rings. The Bertz CT molecular complexity index is 714. The number of carbonyl (C=O) groups excluding carboxylic acids is 1. The number of rotatable bonds is 4. The molecule has 3 rings (SSSR count). The molecule has 2 atom stereocenters. The van der Waals surface area contributed by atoms with Gasteiger partial charge in [-0.1, -0.05) is 37.3 Å². The second-order valence-electron chi connectivity index (χ2n) is 5.80. The summed E-state index contributed by atoms with van der Waals surface area (Å²) in [5.74, 6) is 0.843. The Morgan fingerprint density at radius 2 is 1.87 bits per heavy atom. The number of amides is 1. The molecule has 0 fully saturated rings. The minimum atomic E-state index is -0.233. The Kier molecular flexibility index (Phi) is 4.24. The van der Waals surface area contributed by atoms with Gasteiger partial charge in [0.05, 0.1) is 12.7 Å². The van der Waals surface area contributed by atoms with Gasteiger partial charge in [0, 0.05) is 17.3 Å². The quantitative estimate of drug-likeness (QED) is 0.926. The molecule has 4 heteroatoms. The Balaban J connectivity index is 2.12. The highest BCUT2D eigenvalue weighted by Gasteiger charge is 2.36. The summed E-state index contributed by atoms with van der Waals surface area (Å²) in [6.45, 7) is 4.17. The van der Waals surface area contributed by atoms with Crippen LogP contribution in [-0.2, 0) is 0 Å². The van der Waals surface area contributed by atoms with Crippen LogP contribution in [0.2, 0.25) is 0 Å². The van der Waals surface area contributed by atoms with Gasteiger partial charge in [0.1, 0.15) is 11.9 Å². The molecule has 23 heavy (non-hydrogen) atoms. The number of carbonyl (C=O) groups is 1. The maximum absolute atomic E-state index is 13.0. The Labute approximate surface area is 137 Å². The van der Waals surface area contributed by atoms with Gasteiger partial charge in [0.15, 0.2) is 0 Å². The highest BCUT2D eigenvalue weighted by atomic mass is 16.5. The van der Waals surface area contributed by atoms with E-state index in [2.05, 4.69) is 19.2 Å². The average molecular weight is 310 g/mol. The van der Waals surface area contributed by atoms with Crippen LogP contribution in [0.3, 0.4) is 0 Å². The fraction of sp³-hybridized carbons (Fsp3) is 0.316. The molecule has 0 aliphatic carbocycles. The van der Waals surface area contributed by atoms with Crippen LogP contribution < -0.4 is 10.1 Å². The van der Waals surface area contributed by atoms with Gasteiger partial charge in [-0.3, -0.25) is 4.79 Å². The van der Waals surface area contributed by atoms with Gasteiger partial charge in [-0.25, -0.2) is 0 Å². The fourth-order valence-corrected chi connectivity index (χ4v) is 3.04. The molecule has 0 saturated carbocycles. The lowest BCUT2D eigenvalue weighted by molar-refractivity contribution is 0.0591. The predicted octanol–water partition coefficient (Wildman–Crippen LogP) is 4.06. The number of nitrogens with zero attached hydrogens (tertiary/aromatic N) is 1. The van der Waals surface area contributed by atoms with Crippen molar-refractivity contribution in [2.24, 2.45) is 0 Å². The summed E-state index contributed by atoms with van der Waals surface area (Å²) >= 11 is 0. The third-order valence-electron chi connectivity index (χ3n) is 4.46. The molecule has 0 aromatic heterocycles. The number of ether oxygens (including phenoxy) is 1. The lowest BCUT2D eigenvalue weighted by atomic mass is 10.0. The van der Waals surface area contributed by atoms with Gasteiger partial charge in [0.25, 0.3) is 5.91 Å². The molecule has 0 bridgehead atoms. The Morgan fingerprint density at radius 1 is 1.17 bits per heavy atom. The summed E-state index contributed by atoms with van der Waals surface area (Å²) in [6, 6.07) is 15.6. The van der Waals surface area contributed by atoms with E-state index >= 15 is 0 Å². The number of para-hydroxylation sites is 2. The molecule has 1 amide bonds. The zero-order valence-corrected chi connectivity index (χ0v) is 13.7. The minimum absolute atomic E-state index is 0.0598. The van der Waals surface area contributed by atoms with E-state index in [1.54, 1.807) is 7.11 Å². The fourth-order valence-electron chi connectivity index (χ4n) is 3.04. The van der Waals surface area contributed by atoms with Gasteiger partial charge < -0.3 is 15.0 Å². The zero-order chi connectivity index (χ0) is 16.4. The first-order valence-corrected chi connectivity index (χ1v) is 7.98. The van der Waals surface area contributed by atoms with Crippen LogP contribution in [0, 0.1) is 0 Å². The summed E-state index contributed by atoms with van der Waals surface area (Å²) in [5, 5.41) is 3.51. The van der Waals surface area contributed by atoms with Crippen molar-refractivity contribution in [1.29, 1.82) is 0 Å². The molecule has 0 saturated heterocycles. The first-order chi connectivity index (χ1) is 11.2. The number of nitrogens with one attached hydrogen (secondary N) is 1. The molecule has 1 N–H and O–H groups in total. The van der Waals surface area contributed by atoms with Crippen LogP contribution in [0.5, 0.6) is 5.75 Å². The molecule has 0 radical (unpaired) electrons. The molecule has 1 aliphatic rings. The number of fused-ring (bicyclic) bond motifs is 1. The maximum atomic E-state index is 13.0. The van der Waals surface area contributed by atoms with E-state index in [1.165, 1.54) is 0 Å². The van der Waals surface area contributed by atoms with Crippen molar-refractivity contribution in [2.75, 3.05) is 12.4 Å². The van der Waals surface area contributed by atoms with E-state index < -0.39 is 0 Å². The monoisotopic (exact) mass is 310 g/mol. The van der Waals surface area contributed by atoms with Crippen molar-refractivity contribution in [3.8, 4) is 5.75 Å². The second-order valence-corrected chi connectivity index (χ2v) is 5.80. The normalized spacial score (nSPS) is 18.1. The van der Waals surface area contributed by atoms with E-state index in [1.807, 2.05) is 53.4 Å². The molecule has 0 spiro atoms. The van der Waals surface area contributed by atoms with Crippen LogP contribution in [0.1, 0.15) is 42.4 Å².